The Bertz CT molecular complexity index is 1320. The van der Waals surface area contributed by atoms with Crippen molar-refractivity contribution in [3.05, 3.63) is 87.6 Å². The number of thiophene rings is 1. The molecule has 6 nitrogen and oxygen atoms in total. The molecule has 0 bridgehead atoms. The van der Waals surface area contributed by atoms with Crippen molar-refractivity contribution in [2.24, 2.45) is 0 Å². The van der Waals surface area contributed by atoms with Crippen LogP contribution in [0.5, 0.6) is 0 Å². The number of halogens is 1. The number of hydrogen-bond acceptors (Lipinski definition) is 5. The Morgan fingerprint density at radius 3 is 2.55 bits per heavy atom. The van der Waals surface area contributed by atoms with Crippen LogP contribution in [0.2, 0.25) is 5.02 Å². The zero-order chi connectivity index (χ0) is 22.9. The van der Waals surface area contributed by atoms with Crippen LogP contribution in [0.4, 0.5) is 5.82 Å². The first-order valence-corrected chi connectivity index (χ1v) is 12.5. The van der Waals surface area contributed by atoms with Crippen molar-refractivity contribution in [3.8, 4) is 16.9 Å². The number of thioether (sulfide) groups is 1. The van der Waals surface area contributed by atoms with E-state index < -0.39 is 12.5 Å². The number of fused-ring (bicyclic) bond motifs is 1. The summed E-state index contributed by atoms with van der Waals surface area (Å²) in [7, 11) is 0. The van der Waals surface area contributed by atoms with E-state index in [1.807, 2.05) is 66.0 Å². The van der Waals surface area contributed by atoms with Crippen molar-refractivity contribution in [2.75, 3.05) is 17.2 Å². The summed E-state index contributed by atoms with van der Waals surface area (Å²) in [6, 6.07) is 20.9. The lowest BCUT2D eigenvalue weighted by atomic mass is 10.0. The van der Waals surface area contributed by atoms with Gasteiger partial charge in [0.05, 0.1) is 27.4 Å². The fourth-order valence-corrected chi connectivity index (χ4v) is 6.31. The summed E-state index contributed by atoms with van der Waals surface area (Å²) in [6.45, 7) is -0.464. The van der Waals surface area contributed by atoms with Gasteiger partial charge in [0.2, 0.25) is 5.91 Å². The monoisotopic (exact) mass is 495 g/mol. The second kappa shape index (κ2) is 9.05. The molecule has 0 radical (unpaired) electrons. The molecule has 1 aliphatic rings. The van der Waals surface area contributed by atoms with Crippen molar-refractivity contribution in [2.45, 2.75) is 5.25 Å². The van der Waals surface area contributed by atoms with E-state index >= 15 is 0 Å². The standard InChI is InChI=1S/C24H18ClN3O3S2/c25-16-9-4-5-10-17(16)28-24-21(22(26-28)15-7-2-1-3-8-15)23(18-11-6-12-32-18)33-14-19(29)27(24)13-20(30)31/h1-12,23H,13-14H2,(H,30,31). The summed E-state index contributed by atoms with van der Waals surface area (Å²) in [5.74, 6) is -0.781. The largest absolute Gasteiger partial charge is 0.480 e. The summed E-state index contributed by atoms with van der Waals surface area (Å²) >= 11 is 9.62. The van der Waals surface area contributed by atoms with Crippen LogP contribution in [0.3, 0.4) is 0 Å². The quantitative estimate of drug-likeness (QED) is 0.395. The normalized spacial score (nSPS) is 15.8. The van der Waals surface area contributed by atoms with Gasteiger partial charge in [0.15, 0.2) is 0 Å². The number of carboxylic acid groups (broad SMARTS) is 1. The molecule has 1 amide bonds. The predicted octanol–water partition coefficient (Wildman–Crippen LogP) is 5.51. The van der Waals surface area contributed by atoms with E-state index in [1.54, 1.807) is 22.1 Å². The fourth-order valence-electron chi connectivity index (χ4n) is 3.92. The lowest BCUT2D eigenvalue weighted by Gasteiger charge is -2.22. The molecule has 1 unspecified atom stereocenters. The molecular formula is C24H18ClN3O3S2. The lowest BCUT2D eigenvalue weighted by molar-refractivity contribution is -0.136. The number of hydrogen-bond donors (Lipinski definition) is 1. The number of aliphatic carboxylic acids is 1. The van der Waals surface area contributed by atoms with Gasteiger partial charge in [-0.05, 0) is 23.6 Å². The fraction of sp³-hybridized carbons (Fsp3) is 0.125. The maximum absolute atomic E-state index is 13.2. The van der Waals surface area contributed by atoms with Crippen LogP contribution >= 0.6 is 34.7 Å². The number of aromatic nitrogens is 2. The number of anilines is 1. The Morgan fingerprint density at radius 2 is 1.85 bits per heavy atom. The van der Waals surface area contributed by atoms with E-state index in [0.717, 1.165) is 16.0 Å². The maximum Gasteiger partial charge on any atom is 0.323 e. The topological polar surface area (TPSA) is 75.4 Å². The smallest absolute Gasteiger partial charge is 0.323 e. The van der Waals surface area contributed by atoms with Crippen molar-refractivity contribution < 1.29 is 14.7 Å². The van der Waals surface area contributed by atoms with Gasteiger partial charge in [-0.1, -0.05) is 60.1 Å². The number of rotatable bonds is 5. The van der Waals surface area contributed by atoms with Crippen LogP contribution in [-0.2, 0) is 9.59 Å². The van der Waals surface area contributed by atoms with Crippen LogP contribution in [0.1, 0.15) is 15.7 Å². The third-order valence-electron chi connectivity index (χ3n) is 5.31. The summed E-state index contributed by atoms with van der Waals surface area (Å²) in [5, 5.41) is 16.8. The van der Waals surface area contributed by atoms with Crippen LogP contribution in [-0.4, -0.2) is 39.1 Å². The number of carbonyl (C=O) groups is 2. The van der Waals surface area contributed by atoms with Gasteiger partial charge in [-0.25, -0.2) is 4.68 Å². The van der Waals surface area contributed by atoms with Gasteiger partial charge in [-0.15, -0.1) is 23.1 Å². The van der Waals surface area contributed by atoms with Crippen molar-refractivity contribution in [1.82, 2.24) is 9.78 Å². The number of carbonyl (C=O) groups excluding carboxylic acids is 1. The van der Waals surface area contributed by atoms with Crippen LogP contribution < -0.4 is 4.90 Å². The minimum Gasteiger partial charge on any atom is -0.480 e. The first-order chi connectivity index (χ1) is 16.0. The molecule has 0 saturated carbocycles. The molecule has 166 valence electrons. The SMILES string of the molecule is O=C(O)CN1C(=O)CSC(c2cccs2)c2c(-c3ccccc3)nn(-c3ccccc3Cl)c21. The highest BCUT2D eigenvalue weighted by Crippen LogP contribution is 2.49. The molecule has 0 aliphatic carbocycles. The maximum atomic E-state index is 13.2. The van der Waals surface area contributed by atoms with Gasteiger partial charge in [0, 0.05) is 16.0 Å². The van der Waals surface area contributed by atoms with E-state index in [2.05, 4.69) is 0 Å². The van der Waals surface area contributed by atoms with E-state index in [0.29, 0.717) is 22.2 Å². The Kier molecular flexibility index (Phi) is 5.97. The van der Waals surface area contributed by atoms with Crippen LogP contribution in [0.25, 0.3) is 16.9 Å². The minimum absolute atomic E-state index is 0.154. The third-order valence-corrected chi connectivity index (χ3v) is 7.95. The highest BCUT2D eigenvalue weighted by molar-refractivity contribution is 8.00. The zero-order valence-corrected chi connectivity index (χ0v) is 19.6. The van der Waals surface area contributed by atoms with Crippen LogP contribution in [0.15, 0.2) is 72.1 Å². The van der Waals surface area contributed by atoms with E-state index in [9.17, 15) is 14.7 Å². The summed E-state index contributed by atoms with van der Waals surface area (Å²) < 4.78 is 1.62. The van der Waals surface area contributed by atoms with Gasteiger partial charge in [0.25, 0.3) is 0 Å². The summed E-state index contributed by atoms with van der Waals surface area (Å²) in [5.41, 5.74) is 2.96. The molecule has 2 aromatic heterocycles. The zero-order valence-electron chi connectivity index (χ0n) is 17.2. The molecule has 1 atom stereocenters. The Hall–Kier alpha value is -3.07. The van der Waals surface area contributed by atoms with Crippen LogP contribution in [0, 0.1) is 0 Å². The summed E-state index contributed by atoms with van der Waals surface area (Å²) in [4.78, 5) is 27.4. The first kappa shape index (κ1) is 21.8. The predicted molar refractivity (Wildman–Crippen MR) is 133 cm³/mol. The summed E-state index contributed by atoms with van der Waals surface area (Å²) in [6.07, 6.45) is 0. The molecule has 1 N–H and O–H groups in total. The Labute approximate surface area is 203 Å². The van der Waals surface area contributed by atoms with E-state index in [4.69, 9.17) is 16.7 Å². The molecule has 9 heteroatoms. The molecule has 0 saturated heterocycles. The van der Waals surface area contributed by atoms with Gasteiger partial charge in [0.1, 0.15) is 12.4 Å². The van der Waals surface area contributed by atoms with Crippen molar-refractivity contribution >= 4 is 52.4 Å². The number of carboxylic acids is 1. The molecule has 4 aromatic rings. The first-order valence-electron chi connectivity index (χ1n) is 10.1. The molecule has 3 heterocycles. The molecular weight excluding hydrogens is 478 g/mol. The average Bonchev–Trinajstić information content (AvgIpc) is 3.45. The molecule has 1 aliphatic heterocycles. The molecule has 33 heavy (non-hydrogen) atoms. The average molecular weight is 496 g/mol. The van der Waals surface area contributed by atoms with Crippen molar-refractivity contribution in [1.29, 1.82) is 0 Å². The molecule has 5 rings (SSSR count). The number of benzene rings is 2. The van der Waals surface area contributed by atoms with Gasteiger partial charge in [-0.2, -0.15) is 5.10 Å². The highest BCUT2D eigenvalue weighted by atomic mass is 35.5. The minimum atomic E-state index is -1.10. The van der Waals surface area contributed by atoms with Gasteiger partial charge >= 0.3 is 5.97 Å². The highest BCUT2D eigenvalue weighted by Gasteiger charge is 2.38. The second-order valence-corrected chi connectivity index (χ2v) is 9.88. The second-order valence-electron chi connectivity index (χ2n) is 7.40. The molecule has 2 aromatic carbocycles. The Morgan fingerprint density at radius 1 is 1.09 bits per heavy atom. The number of nitrogens with zero attached hydrogens (tertiary/aromatic N) is 3. The van der Waals surface area contributed by atoms with Gasteiger partial charge in [-0.3, -0.25) is 14.5 Å². The Balaban J connectivity index is 1.87. The molecule has 0 spiro atoms. The number of para-hydroxylation sites is 1. The lowest BCUT2D eigenvalue weighted by Crippen LogP contribution is -2.38. The van der Waals surface area contributed by atoms with E-state index in [1.165, 1.54) is 16.7 Å². The van der Waals surface area contributed by atoms with Crippen molar-refractivity contribution in [3.63, 3.8) is 0 Å². The van der Waals surface area contributed by atoms with Gasteiger partial charge < -0.3 is 5.11 Å². The van der Waals surface area contributed by atoms with E-state index in [-0.39, 0.29) is 16.9 Å². The molecule has 0 fully saturated rings. The number of amides is 1. The third kappa shape index (κ3) is 4.06.